The van der Waals surface area contributed by atoms with Gasteiger partial charge in [-0.3, -0.25) is 4.79 Å². The molecule has 0 aliphatic carbocycles. The topological polar surface area (TPSA) is 50.4 Å². The molecule has 0 aromatic heterocycles. The number of rotatable bonds is 6. The summed E-state index contributed by atoms with van der Waals surface area (Å²) in [5, 5.41) is 6.07. The van der Waals surface area contributed by atoms with E-state index in [1.165, 1.54) is 6.42 Å². The lowest BCUT2D eigenvalue weighted by atomic mass is 10.1. The molecule has 0 aromatic carbocycles. The minimum Gasteiger partial charge on any atom is -0.369 e. The van der Waals surface area contributed by atoms with Gasteiger partial charge in [0.15, 0.2) is 0 Å². The molecule has 2 N–H and O–H groups in total. The molecule has 0 radical (unpaired) electrons. The first kappa shape index (κ1) is 12.5. The van der Waals surface area contributed by atoms with E-state index in [1.54, 1.807) is 6.92 Å². The van der Waals surface area contributed by atoms with Crippen LogP contribution in [0.1, 0.15) is 26.7 Å². The van der Waals surface area contributed by atoms with Crippen LogP contribution in [0.2, 0.25) is 0 Å². The van der Waals surface area contributed by atoms with Crippen LogP contribution in [0.3, 0.4) is 0 Å². The Kier molecular flexibility index (Phi) is 5.65. The van der Waals surface area contributed by atoms with Crippen LogP contribution in [-0.2, 0) is 9.53 Å². The Morgan fingerprint density at radius 1 is 1.67 bits per heavy atom. The average Bonchev–Trinajstić information content (AvgIpc) is 2.71. The van der Waals surface area contributed by atoms with E-state index in [9.17, 15) is 4.79 Å². The van der Waals surface area contributed by atoms with Crippen molar-refractivity contribution in [2.75, 3.05) is 26.2 Å². The summed E-state index contributed by atoms with van der Waals surface area (Å²) in [5.41, 5.74) is 0. The van der Waals surface area contributed by atoms with Gasteiger partial charge in [0.1, 0.15) is 6.10 Å². The minimum atomic E-state index is -0.320. The zero-order valence-electron chi connectivity index (χ0n) is 9.71. The Labute approximate surface area is 91.8 Å². The fourth-order valence-electron chi connectivity index (χ4n) is 1.77. The standard InChI is InChI=1S/C11H22N2O2/c1-3-13-11(14)9(2)15-7-5-10-4-6-12-8-10/h9-10,12H,3-8H2,1-2H3,(H,13,14). The molecule has 1 rings (SSSR count). The van der Waals surface area contributed by atoms with Crippen molar-refractivity contribution in [1.29, 1.82) is 0 Å². The second-order valence-corrected chi connectivity index (χ2v) is 4.06. The van der Waals surface area contributed by atoms with Gasteiger partial charge < -0.3 is 15.4 Å². The maximum absolute atomic E-state index is 11.3. The van der Waals surface area contributed by atoms with Crippen molar-refractivity contribution in [3.05, 3.63) is 0 Å². The first-order chi connectivity index (χ1) is 7.24. The lowest BCUT2D eigenvalue weighted by Crippen LogP contribution is -2.34. The average molecular weight is 214 g/mol. The van der Waals surface area contributed by atoms with Crippen LogP contribution in [-0.4, -0.2) is 38.3 Å². The maximum Gasteiger partial charge on any atom is 0.248 e. The predicted octanol–water partition coefficient (Wildman–Crippen LogP) is 0.527. The van der Waals surface area contributed by atoms with Crippen molar-refractivity contribution in [1.82, 2.24) is 10.6 Å². The third-order valence-corrected chi connectivity index (χ3v) is 2.78. The van der Waals surface area contributed by atoms with Crippen molar-refractivity contribution >= 4 is 5.91 Å². The molecule has 1 aliphatic rings. The largest absolute Gasteiger partial charge is 0.369 e. The summed E-state index contributed by atoms with van der Waals surface area (Å²) in [4.78, 5) is 11.3. The van der Waals surface area contributed by atoms with Gasteiger partial charge in [-0.05, 0) is 45.7 Å². The number of ether oxygens (including phenoxy) is 1. The lowest BCUT2D eigenvalue weighted by molar-refractivity contribution is -0.131. The van der Waals surface area contributed by atoms with E-state index in [0.29, 0.717) is 13.2 Å². The molecule has 0 bridgehead atoms. The van der Waals surface area contributed by atoms with Crippen LogP contribution in [0.5, 0.6) is 0 Å². The summed E-state index contributed by atoms with van der Waals surface area (Å²) >= 11 is 0. The van der Waals surface area contributed by atoms with Gasteiger partial charge in [-0.25, -0.2) is 0 Å². The highest BCUT2D eigenvalue weighted by Gasteiger charge is 2.16. The number of carbonyl (C=O) groups excluding carboxylic acids is 1. The summed E-state index contributed by atoms with van der Waals surface area (Å²) in [6, 6.07) is 0. The molecule has 1 saturated heterocycles. The van der Waals surface area contributed by atoms with Crippen molar-refractivity contribution in [3.8, 4) is 0 Å². The predicted molar refractivity (Wildman–Crippen MR) is 59.7 cm³/mol. The molecule has 0 saturated carbocycles. The number of likely N-dealkylation sites (N-methyl/N-ethyl adjacent to an activating group) is 1. The maximum atomic E-state index is 11.3. The molecule has 4 nitrogen and oxygen atoms in total. The molecule has 4 heteroatoms. The molecular weight excluding hydrogens is 192 g/mol. The molecule has 1 amide bonds. The number of carbonyl (C=O) groups is 1. The fourth-order valence-corrected chi connectivity index (χ4v) is 1.77. The van der Waals surface area contributed by atoms with Gasteiger partial charge in [0, 0.05) is 13.2 Å². The molecule has 88 valence electrons. The van der Waals surface area contributed by atoms with Crippen LogP contribution in [0.25, 0.3) is 0 Å². The molecule has 2 unspecified atom stereocenters. The minimum absolute atomic E-state index is 0.0120. The molecule has 1 fully saturated rings. The van der Waals surface area contributed by atoms with E-state index in [2.05, 4.69) is 10.6 Å². The lowest BCUT2D eigenvalue weighted by Gasteiger charge is -2.14. The van der Waals surface area contributed by atoms with Crippen LogP contribution in [0, 0.1) is 5.92 Å². The normalized spacial score (nSPS) is 22.7. The van der Waals surface area contributed by atoms with Gasteiger partial charge in [0.05, 0.1) is 0 Å². The van der Waals surface area contributed by atoms with E-state index in [0.717, 1.165) is 25.4 Å². The molecule has 0 aromatic rings. The van der Waals surface area contributed by atoms with Crippen molar-refractivity contribution in [2.45, 2.75) is 32.8 Å². The Morgan fingerprint density at radius 3 is 3.07 bits per heavy atom. The summed E-state index contributed by atoms with van der Waals surface area (Å²) in [5.74, 6) is 0.716. The van der Waals surface area contributed by atoms with Crippen LogP contribution in [0.15, 0.2) is 0 Å². The molecule has 15 heavy (non-hydrogen) atoms. The Balaban J connectivity index is 2.05. The summed E-state index contributed by atoms with van der Waals surface area (Å²) in [6.45, 7) is 7.28. The number of nitrogens with one attached hydrogen (secondary N) is 2. The molecular formula is C11H22N2O2. The monoisotopic (exact) mass is 214 g/mol. The van der Waals surface area contributed by atoms with Gasteiger partial charge >= 0.3 is 0 Å². The second kappa shape index (κ2) is 6.80. The summed E-state index contributed by atoms with van der Waals surface area (Å²) in [7, 11) is 0. The number of amides is 1. The SMILES string of the molecule is CCNC(=O)C(C)OCCC1CCNC1. The first-order valence-electron chi connectivity index (χ1n) is 5.84. The highest BCUT2D eigenvalue weighted by molar-refractivity contribution is 5.80. The fraction of sp³-hybridized carbons (Fsp3) is 0.909. The summed E-state index contributed by atoms with van der Waals surface area (Å²) < 4.78 is 5.48. The first-order valence-corrected chi connectivity index (χ1v) is 5.84. The van der Waals surface area contributed by atoms with Crippen LogP contribution in [0.4, 0.5) is 0 Å². The Hall–Kier alpha value is -0.610. The summed E-state index contributed by atoms with van der Waals surface area (Å²) in [6.07, 6.45) is 1.97. The quantitative estimate of drug-likeness (QED) is 0.678. The van der Waals surface area contributed by atoms with E-state index < -0.39 is 0 Å². The van der Waals surface area contributed by atoms with Gasteiger partial charge in [-0.2, -0.15) is 0 Å². The Morgan fingerprint density at radius 2 is 2.47 bits per heavy atom. The van der Waals surface area contributed by atoms with E-state index in [1.807, 2.05) is 6.92 Å². The zero-order chi connectivity index (χ0) is 11.1. The highest BCUT2D eigenvalue weighted by atomic mass is 16.5. The van der Waals surface area contributed by atoms with E-state index >= 15 is 0 Å². The third kappa shape index (κ3) is 4.62. The van der Waals surface area contributed by atoms with Crippen molar-refractivity contribution in [2.24, 2.45) is 5.92 Å². The van der Waals surface area contributed by atoms with Crippen LogP contribution < -0.4 is 10.6 Å². The third-order valence-electron chi connectivity index (χ3n) is 2.78. The van der Waals surface area contributed by atoms with Gasteiger partial charge in [0.2, 0.25) is 5.91 Å². The van der Waals surface area contributed by atoms with Crippen molar-refractivity contribution in [3.63, 3.8) is 0 Å². The van der Waals surface area contributed by atoms with E-state index in [-0.39, 0.29) is 12.0 Å². The number of hydrogen-bond acceptors (Lipinski definition) is 3. The number of hydrogen-bond donors (Lipinski definition) is 2. The smallest absolute Gasteiger partial charge is 0.248 e. The molecule has 0 spiro atoms. The Bertz CT molecular complexity index is 191. The highest BCUT2D eigenvalue weighted by Crippen LogP contribution is 2.12. The molecule has 2 atom stereocenters. The van der Waals surface area contributed by atoms with Crippen LogP contribution >= 0.6 is 0 Å². The van der Waals surface area contributed by atoms with Gasteiger partial charge in [0.25, 0.3) is 0 Å². The molecule has 1 heterocycles. The second-order valence-electron chi connectivity index (χ2n) is 4.06. The molecule has 1 aliphatic heterocycles. The van der Waals surface area contributed by atoms with Gasteiger partial charge in [-0.15, -0.1) is 0 Å². The van der Waals surface area contributed by atoms with E-state index in [4.69, 9.17) is 4.74 Å². The van der Waals surface area contributed by atoms with Gasteiger partial charge in [-0.1, -0.05) is 0 Å². The van der Waals surface area contributed by atoms with Crippen molar-refractivity contribution < 1.29 is 9.53 Å². The zero-order valence-corrected chi connectivity index (χ0v) is 9.71.